The van der Waals surface area contributed by atoms with Crippen LogP contribution < -0.4 is 5.32 Å². The number of esters is 1. The first-order chi connectivity index (χ1) is 13.1. The van der Waals surface area contributed by atoms with Gasteiger partial charge in [0.1, 0.15) is 0 Å². The number of carbonyl (C=O) groups excluding carboxylic acids is 2. The van der Waals surface area contributed by atoms with E-state index in [1.807, 2.05) is 7.05 Å². The number of hydrogen-bond donors (Lipinski definition) is 1. The Hall–Kier alpha value is -2.93. The molecule has 1 aliphatic rings. The minimum atomic E-state index is -0.409. The third kappa shape index (κ3) is 3.14. The molecule has 0 fully saturated rings. The molecule has 0 aliphatic heterocycles. The summed E-state index contributed by atoms with van der Waals surface area (Å²) in [5.74, 6) is -0.680. The predicted molar refractivity (Wildman–Crippen MR) is 104 cm³/mol. The highest BCUT2D eigenvalue weighted by atomic mass is 32.1. The minimum absolute atomic E-state index is 0.272. The summed E-state index contributed by atoms with van der Waals surface area (Å²) in [5, 5.41) is 9.41. The molecule has 1 aliphatic carbocycles. The Labute approximate surface area is 160 Å². The van der Waals surface area contributed by atoms with Gasteiger partial charge in [-0.1, -0.05) is 6.07 Å². The summed E-state index contributed by atoms with van der Waals surface area (Å²) in [6, 6.07) is 8.82. The van der Waals surface area contributed by atoms with Crippen LogP contribution >= 0.6 is 11.3 Å². The standard InChI is InChI=1S/C20H19N3O3S/c1-3-26-20(25)12-5-4-6-13(11-12)21-19(24)17-15-7-8-16-14(9-10-27-16)18(15)23(2)22-17/h4-6,9-11H,3,7-8H2,1-2H3,(H,21,24). The Kier molecular flexibility index (Phi) is 4.53. The van der Waals surface area contributed by atoms with Crippen LogP contribution in [0.15, 0.2) is 35.7 Å². The lowest BCUT2D eigenvalue weighted by Gasteiger charge is -2.13. The number of carbonyl (C=O) groups is 2. The van der Waals surface area contributed by atoms with Gasteiger partial charge in [-0.15, -0.1) is 11.3 Å². The van der Waals surface area contributed by atoms with Crippen molar-refractivity contribution in [3.63, 3.8) is 0 Å². The second kappa shape index (κ2) is 7.00. The van der Waals surface area contributed by atoms with E-state index in [0.717, 1.165) is 24.1 Å². The number of amides is 1. The molecule has 0 saturated carbocycles. The molecule has 0 spiro atoms. The lowest BCUT2D eigenvalue weighted by atomic mass is 9.94. The van der Waals surface area contributed by atoms with Gasteiger partial charge < -0.3 is 10.1 Å². The molecule has 2 heterocycles. The highest BCUT2D eigenvalue weighted by molar-refractivity contribution is 7.10. The van der Waals surface area contributed by atoms with Gasteiger partial charge in [-0.05, 0) is 49.4 Å². The van der Waals surface area contributed by atoms with Crippen molar-refractivity contribution in [2.45, 2.75) is 19.8 Å². The Balaban J connectivity index is 1.62. The molecular weight excluding hydrogens is 362 g/mol. The lowest BCUT2D eigenvalue weighted by molar-refractivity contribution is 0.0526. The Morgan fingerprint density at radius 2 is 2.15 bits per heavy atom. The minimum Gasteiger partial charge on any atom is -0.462 e. The second-order valence-electron chi connectivity index (χ2n) is 6.31. The van der Waals surface area contributed by atoms with Crippen LogP contribution in [0.25, 0.3) is 11.3 Å². The molecule has 3 aromatic rings. The van der Waals surface area contributed by atoms with Gasteiger partial charge in [0, 0.05) is 28.7 Å². The maximum Gasteiger partial charge on any atom is 0.338 e. The van der Waals surface area contributed by atoms with Crippen molar-refractivity contribution in [3.8, 4) is 11.3 Å². The molecule has 1 N–H and O–H groups in total. The summed E-state index contributed by atoms with van der Waals surface area (Å²) in [5.41, 5.74) is 4.54. The Morgan fingerprint density at radius 3 is 2.96 bits per heavy atom. The number of aryl methyl sites for hydroxylation is 2. The largest absolute Gasteiger partial charge is 0.462 e. The van der Waals surface area contributed by atoms with Crippen LogP contribution in [0.3, 0.4) is 0 Å². The van der Waals surface area contributed by atoms with E-state index in [1.54, 1.807) is 47.2 Å². The molecule has 2 aromatic heterocycles. The topological polar surface area (TPSA) is 73.2 Å². The van der Waals surface area contributed by atoms with Gasteiger partial charge in [-0.3, -0.25) is 9.48 Å². The number of aromatic nitrogens is 2. The van der Waals surface area contributed by atoms with E-state index in [1.165, 1.54) is 10.4 Å². The zero-order valence-corrected chi connectivity index (χ0v) is 15.9. The van der Waals surface area contributed by atoms with E-state index < -0.39 is 5.97 Å². The Morgan fingerprint density at radius 1 is 1.30 bits per heavy atom. The van der Waals surface area contributed by atoms with Crippen LogP contribution in [-0.2, 0) is 24.6 Å². The predicted octanol–water partition coefficient (Wildman–Crippen LogP) is 3.68. The van der Waals surface area contributed by atoms with Crippen molar-refractivity contribution in [1.82, 2.24) is 9.78 Å². The van der Waals surface area contributed by atoms with E-state index in [4.69, 9.17) is 4.74 Å². The van der Waals surface area contributed by atoms with Crippen molar-refractivity contribution < 1.29 is 14.3 Å². The molecule has 138 valence electrons. The van der Waals surface area contributed by atoms with Gasteiger partial charge in [0.15, 0.2) is 5.69 Å². The van der Waals surface area contributed by atoms with Crippen LogP contribution in [0.2, 0.25) is 0 Å². The number of ether oxygens (including phenoxy) is 1. The molecule has 1 amide bonds. The number of thiophene rings is 1. The van der Waals surface area contributed by atoms with Gasteiger partial charge >= 0.3 is 5.97 Å². The molecular formula is C20H19N3O3S. The molecule has 1 aromatic carbocycles. The normalized spacial score (nSPS) is 12.2. The first-order valence-corrected chi connectivity index (χ1v) is 9.67. The first kappa shape index (κ1) is 17.5. The van der Waals surface area contributed by atoms with E-state index in [0.29, 0.717) is 23.6 Å². The molecule has 0 unspecified atom stereocenters. The SMILES string of the molecule is CCOC(=O)c1cccc(NC(=O)c2nn(C)c3c2CCc2sccc2-3)c1. The molecule has 7 heteroatoms. The number of anilines is 1. The van der Waals surface area contributed by atoms with Crippen molar-refractivity contribution >= 4 is 28.9 Å². The molecule has 0 bridgehead atoms. The highest BCUT2D eigenvalue weighted by Gasteiger charge is 2.27. The van der Waals surface area contributed by atoms with Crippen LogP contribution in [-0.4, -0.2) is 28.3 Å². The number of rotatable bonds is 4. The summed E-state index contributed by atoms with van der Waals surface area (Å²) in [7, 11) is 1.86. The lowest BCUT2D eigenvalue weighted by Crippen LogP contribution is -2.16. The van der Waals surface area contributed by atoms with Crippen LogP contribution in [0, 0.1) is 0 Å². The van der Waals surface area contributed by atoms with Gasteiger partial charge in [0.2, 0.25) is 0 Å². The highest BCUT2D eigenvalue weighted by Crippen LogP contribution is 2.37. The summed E-state index contributed by atoms with van der Waals surface area (Å²) >= 11 is 1.74. The van der Waals surface area contributed by atoms with E-state index in [2.05, 4.69) is 21.9 Å². The van der Waals surface area contributed by atoms with Crippen LogP contribution in [0.5, 0.6) is 0 Å². The van der Waals surface area contributed by atoms with E-state index >= 15 is 0 Å². The molecule has 27 heavy (non-hydrogen) atoms. The molecule has 0 radical (unpaired) electrons. The van der Waals surface area contributed by atoms with E-state index in [-0.39, 0.29) is 5.91 Å². The molecule has 0 atom stereocenters. The van der Waals surface area contributed by atoms with Gasteiger partial charge in [-0.25, -0.2) is 4.79 Å². The van der Waals surface area contributed by atoms with Crippen molar-refractivity contribution in [1.29, 1.82) is 0 Å². The first-order valence-electron chi connectivity index (χ1n) is 8.79. The smallest absolute Gasteiger partial charge is 0.338 e. The fourth-order valence-electron chi connectivity index (χ4n) is 3.44. The second-order valence-corrected chi connectivity index (χ2v) is 7.31. The van der Waals surface area contributed by atoms with E-state index in [9.17, 15) is 9.59 Å². The molecule has 0 saturated heterocycles. The van der Waals surface area contributed by atoms with Gasteiger partial charge in [0.05, 0.1) is 17.9 Å². The fourth-order valence-corrected chi connectivity index (χ4v) is 4.32. The number of nitrogens with zero attached hydrogens (tertiary/aromatic N) is 2. The van der Waals surface area contributed by atoms with Gasteiger partial charge in [-0.2, -0.15) is 5.10 Å². The third-order valence-corrected chi connectivity index (χ3v) is 5.58. The van der Waals surface area contributed by atoms with Crippen LogP contribution in [0.1, 0.15) is 38.2 Å². The number of benzene rings is 1. The average Bonchev–Trinajstić information content (AvgIpc) is 3.26. The third-order valence-electron chi connectivity index (χ3n) is 4.59. The molecule has 4 rings (SSSR count). The zero-order valence-electron chi connectivity index (χ0n) is 15.1. The zero-order chi connectivity index (χ0) is 19.0. The summed E-state index contributed by atoms with van der Waals surface area (Å²) in [6.45, 7) is 2.06. The Bertz CT molecular complexity index is 1040. The van der Waals surface area contributed by atoms with Crippen molar-refractivity contribution in [3.05, 3.63) is 57.4 Å². The number of hydrogen-bond acceptors (Lipinski definition) is 5. The van der Waals surface area contributed by atoms with Crippen molar-refractivity contribution in [2.24, 2.45) is 7.05 Å². The number of nitrogens with one attached hydrogen (secondary N) is 1. The fraction of sp³-hybridized carbons (Fsp3) is 0.250. The number of fused-ring (bicyclic) bond motifs is 3. The summed E-state index contributed by atoms with van der Waals surface area (Å²) in [6.07, 6.45) is 1.71. The quantitative estimate of drug-likeness (QED) is 0.700. The monoisotopic (exact) mass is 381 g/mol. The van der Waals surface area contributed by atoms with Crippen LogP contribution in [0.4, 0.5) is 5.69 Å². The maximum absolute atomic E-state index is 12.9. The maximum atomic E-state index is 12.9. The molecule has 6 nitrogen and oxygen atoms in total. The summed E-state index contributed by atoms with van der Waals surface area (Å²) < 4.78 is 6.79. The average molecular weight is 381 g/mol. The summed E-state index contributed by atoms with van der Waals surface area (Å²) in [4.78, 5) is 26.1. The van der Waals surface area contributed by atoms with Gasteiger partial charge in [0.25, 0.3) is 5.91 Å². The van der Waals surface area contributed by atoms with Crippen molar-refractivity contribution in [2.75, 3.05) is 11.9 Å².